The summed E-state index contributed by atoms with van der Waals surface area (Å²) in [5.74, 6) is -0.763. The maximum atomic E-state index is 11.4. The van der Waals surface area contributed by atoms with Crippen LogP contribution in [0.1, 0.15) is 25.8 Å². The van der Waals surface area contributed by atoms with Gasteiger partial charge in [-0.15, -0.1) is 0 Å². The van der Waals surface area contributed by atoms with Crippen LogP contribution in [0.4, 0.5) is 0 Å². The van der Waals surface area contributed by atoms with E-state index in [4.69, 9.17) is 0 Å². The van der Waals surface area contributed by atoms with Crippen molar-refractivity contribution < 1.29 is 9.90 Å². The SMILES string of the molecule is CC(C)C(C)(Cc1nc2nccnc2s1)C(=O)O. The van der Waals surface area contributed by atoms with Crippen LogP contribution < -0.4 is 0 Å². The first-order valence-corrected chi connectivity index (χ1v) is 6.55. The molecule has 1 atom stereocenters. The summed E-state index contributed by atoms with van der Waals surface area (Å²) in [6.45, 7) is 5.59. The molecule has 0 aromatic carbocycles. The second-order valence-corrected chi connectivity index (χ2v) is 5.91. The molecule has 0 aliphatic heterocycles. The van der Waals surface area contributed by atoms with E-state index in [1.54, 1.807) is 19.3 Å². The molecule has 96 valence electrons. The molecule has 2 heterocycles. The lowest BCUT2D eigenvalue weighted by Gasteiger charge is -2.27. The van der Waals surface area contributed by atoms with Gasteiger partial charge >= 0.3 is 5.97 Å². The highest BCUT2D eigenvalue weighted by Crippen LogP contribution is 2.33. The maximum absolute atomic E-state index is 11.4. The van der Waals surface area contributed by atoms with Crippen molar-refractivity contribution in [1.82, 2.24) is 15.0 Å². The molecule has 0 spiro atoms. The third kappa shape index (κ3) is 2.20. The zero-order valence-electron chi connectivity index (χ0n) is 10.5. The second kappa shape index (κ2) is 4.61. The highest BCUT2D eigenvalue weighted by Gasteiger charge is 2.37. The third-order valence-electron chi connectivity index (χ3n) is 3.37. The van der Waals surface area contributed by atoms with E-state index < -0.39 is 11.4 Å². The Hall–Kier alpha value is -1.56. The van der Waals surface area contributed by atoms with Gasteiger partial charge in [-0.1, -0.05) is 25.2 Å². The number of fused-ring (bicyclic) bond motifs is 1. The van der Waals surface area contributed by atoms with Crippen molar-refractivity contribution in [2.45, 2.75) is 27.2 Å². The van der Waals surface area contributed by atoms with E-state index in [0.717, 1.165) is 9.84 Å². The van der Waals surface area contributed by atoms with E-state index in [2.05, 4.69) is 15.0 Å². The Labute approximate surface area is 109 Å². The lowest BCUT2D eigenvalue weighted by atomic mass is 9.76. The summed E-state index contributed by atoms with van der Waals surface area (Å²) in [7, 11) is 0. The molecule has 2 rings (SSSR count). The lowest BCUT2D eigenvalue weighted by molar-refractivity contribution is -0.150. The summed E-state index contributed by atoms with van der Waals surface area (Å²) in [4.78, 5) is 24.8. The highest BCUT2D eigenvalue weighted by atomic mass is 32.1. The summed E-state index contributed by atoms with van der Waals surface area (Å²) < 4.78 is 0. The zero-order valence-corrected chi connectivity index (χ0v) is 11.4. The van der Waals surface area contributed by atoms with Gasteiger partial charge in [-0.3, -0.25) is 4.79 Å². The molecule has 0 saturated heterocycles. The minimum absolute atomic E-state index is 0.0305. The fourth-order valence-corrected chi connectivity index (χ4v) is 2.67. The number of aliphatic carboxylic acids is 1. The smallest absolute Gasteiger partial charge is 0.310 e. The fourth-order valence-electron chi connectivity index (χ4n) is 1.64. The summed E-state index contributed by atoms with van der Waals surface area (Å²) >= 11 is 1.41. The average molecular weight is 265 g/mol. The predicted octanol–water partition coefficient (Wildman–Crippen LogP) is 2.38. The summed E-state index contributed by atoms with van der Waals surface area (Å²) in [6.07, 6.45) is 3.61. The van der Waals surface area contributed by atoms with Gasteiger partial charge in [-0.2, -0.15) is 0 Å². The first kappa shape index (κ1) is 12.9. The number of carboxylic acid groups (broad SMARTS) is 1. The minimum atomic E-state index is -0.812. The number of rotatable bonds is 4. The second-order valence-electron chi connectivity index (χ2n) is 4.85. The van der Waals surface area contributed by atoms with Crippen LogP contribution in [0.3, 0.4) is 0 Å². The number of hydrogen-bond donors (Lipinski definition) is 1. The van der Waals surface area contributed by atoms with Crippen molar-refractivity contribution in [2.24, 2.45) is 11.3 Å². The van der Waals surface area contributed by atoms with Gasteiger partial charge in [0.2, 0.25) is 0 Å². The number of nitrogens with zero attached hydrogens (tertiary/aromatic N) is 3. The lowest BCUT2D eigenvalue weighted by Crippen LogP contribution is -2.35. The van der Waals surface area contributed by atoms with Gasteiger partial charge in [0.1, 0.15) is 0 Å². The molecule has 2 aromatic rings. The molecule has 5 nitrogen and oxygen atoms in total. The van der Waals surface area contributed by atoms with Crippen molar-refractivity contribution >= 4 is 27.8 Å². The van der Waals surface area contributed by atoms with Gasteiger partial charge in [-0.05, 0) is 12.8 Å². The monoisotopic (exact) mass is 265 g/mol. The van der Waals surface area contributed by atoms with Crippen molar-refractivity contribution in [1.29, 1.82) is 0 Å². The van der Waals surface area contributed by atoms with E-state index in [0.29, 0.717) is 12.1 Å². The summed E-state index contributed by atoms with van der Waals surface area (Å²) in [6, 6.07) is 0. The van der Waals surface area contributed by atoms with E-state index in [-0.39, 0.29) is 5.92 Å². The normalized spacial score (nSPS) is 14.9. The molecule has 0 amide bonds. The van der Waals surface area contributed by atoms with Gasteiger partial charge in [0.15, 0.2) is 10.5 Å². The average Bonchev–Trinajstić information content (AvgIpc) is 2.70. The summed E-state index contributed by atoms with van der Waals surface area (Å²) in [5.41, 5.74) is -0.220. The first-order valence-electron chi connectivity index (χ1n) is 5.73. The van der Waals surface area contributed by atoms with Crippen LogP contribution in [0.5, 0.6) is 0 Å². The highest BCUT2D eigenvalue weighted by molar-refractivity contribution is 7.18. The molecular formula is C12H15N3O2S. The molecular weight excluding hydrogens is 250 g/mol. The Morgan fingerprint density at radius 3 is 2.67 bits per heavy atom. The Balaban J connectivity index is 2.35. The third-order valence-corrected chi connectivity index (χ3v) is 4.33. The molecule has 1 unspecified atom stereocenters. The Morgan fingerprint density at radius 2 is 2.11 bits per heavy atom. The molecule has 0 aliphatic carbocycles. The molecule has 0 bridgehead atoms. The number of thiazole rings is 1. The summed E-state index contributed by atoms with van der Waals surface area (Å²) in [5, 5.41) is 10.2. The van der Waals surface area contributed by atoms with Crippen LogP contribution in [0.2, 0.25) is 0 Å². The van der Waals surface area contributed by atoms with Crippen LogP contribution in [0.15, 0.2) is 12.4 Å². The van der Waals surface area contributed by atoms with Crippen molar-refractivity contribution in [3.8, 4) is 0 Å². The number of aromatic nitrogens is 3. The molecule has 0 radical (unpaired) electrons. The van der Waals surface area contributed by atoms with Crippen LogP contribution in [0, 0.1) is 11.3 Å². The van der Waals surface area contributed by atoms with Crippen molar-refractivity contribution in [2.75, 3.05) is 0 Å². The van der Waals surface area contributed by atoms with E-state index in [1.807, 2.05) is 13.8 Å². The topological polar surface area (TPSA) is 76.0 Å². The molecule has 0 saturated carbocycles. The van der Waals surface area contributed by atoms with Crippen LogP contribution in [0.25, 0.3) is 10.5 Å². The largest absolute Gasteiger partial charge is 0.481 e. The molecule has 18 heavy (non-hydrogen) atoms. The van der Waals surface area contributed by atoms with Crippen LogP contribution in [-0.4, -0.2) is 26.0 Å². The van der Waals surface area contributed by atoms with Gasteiger partial charge in [0.25, 0.3) is 0 Å². The van der Waals surface area contributed by atoms with Crippen molar-refractivity contribution in [3.63, 3.8) is 0 Å². The van der Waals surface area contributed by atoms with Crippen LogP contribution in [-0.2, 0) is 11.2 Å². The maximum Gasteiger partial charge on any atom is 0.310 e. The van der Waals surface area contributed by atoms with E-state index in [1.165, 1.54) is 11.3 Å². The number of carbonyl (C=O) groups is 1. The van der Waals surface area contributed by atoms with Gasteiger partial charge in [0.05, 0.1) is 10.4 Å². The fraction of sp³-hybridized carbons (Fsp3) is 0.500. The van der Waals surface area contributed by atoms with E-state index in [9.17, 15) is 9.90 Å². The van der Waals surface area contributed by atoms with Crippen LogP contribution >= 0.6 is 11.3 Å². The minimum Gasteiger partial charge on any atom is -0.481 e. The van der Waals surface area contributed by atoms with E-state index >= 15 is 0 Å². The predicted molar refractivity (Wildman–Crippen MR) is 69.5 cm³/mol. The van der Waals surface area contributed by atoms with Gasteiger partial charge in [0, 0.05) is 18.8 Å². The van der Waals surface area contributed by atoms with Gasteiger partial charge < -0.3 is 5.11 Å². The molecule has 6 heteroatoms. The van der Waals surface area contributed by atoms with Gasteiger partial charge in [-0.25, -0.2) is 15.0 Å². The Bertz CT molecular complexity index is 548. The number of carboxylic acids is 1. The first-order chi connectivity index (χ1) is 8.43. The molecule has 0 fully saturated rings. The quantitative estimate of drug-likeness (QED) is 0.918. The molecule has 0 aliphatic rings. The van der Waals surface area contributed by atoms with Crippen molar-refractivity contribution in [3.05, 3.63) is 17.4 Å². The molecule has 1 N–H and O–H groups in total. The standard InChI is InChI=1S/C12H15N3O2S/c1-7(2)12(3,11(16)17)6-8-15-9-10(18-8)14-5-4-13-9/h4-5,7H,6H2,1-3H3,(H,16,17). The zero-order chi connectivity index (χ0) is 13.3. The Kier molecular flexibility index (Phi) is 3.30. The molecule has 2 aromatic heterocycles. The Morgan fingerprint density at radius 1 is 1.44 bits per heavy atom. The number of hydrogen-bond acceptors (Lipinski definition) is 5.